The summed E-state index contributed by atoms with van der Waals surface area (Å²) < 4.78 is 7.22. The van der Waals surface area contributed by atoms with Gasteiger partial charge in [0.15, 0.2) is 6.61 Å². The number of anilines is 1. The molecule has 5 heteroatoms. The summed E-state index contributed by atoms with van der Waals surface area (Å²) >= 11 is 0. The third-order valence-electron chi connectivity index (χ3n) is 4.85. The number of aryl methyl sites for hydroxylation is 2. The number of nitrogens with zero attached hydrogens (tertiary/aromatic N) is 2. The van der Waals surface area contributed by atoms with Gasteiger partial charge in [0.1, 0.15) is 0 Å². The van der Waals surface area contributed by atoms with E-state index in [1.807, 2.05) is 60.1 Å². The second-order valence-electron chi connectivity index (χ2n) is 6.52. The number of rotatable bonds is 3. The molecule has 0 saturated carbocycles. The van der Waals surface area contributed by atoms with Crippen LogP contribution in [0.1, 0.15) is 22.3 Å². The highest BCUT2D eigenvalue weighted by Gasteiger charge is 2.24. The van der Waals surface area contributed by atoms with Gasteiger partial charge >= 0.3 is 5.97 Å². The number of hydrogen-bond acceptors (Lipinski definition) is 3. The molecule has 132 valence electrons. The van der Waals surface area contributed by atoms with Crippen molar-refractivity contribution in [3.63, 3.8) is 0 Å². The van der Waals surface area contributed by atoms with Crippen molar-refractivity contribution in [3.05, 3.63) is 65.9 Å². The van der Waals surface area contributed by atoms with Crippen LogP contribution in [-0.4, -0.2) is 29.6 Å². The first-order valence-electron chi connectivity index (χ1n) is 8.74. The zero-order valence-electron chi connectivity index (χ0n) is 14.6. The van der Waals surface area contributed by atoms with Gasteiger partial charge in [-0.15, -0.1) is 0 Å². The molecule has 1 aliphatic heterocycles. The van der Waals surface area contributed by atoms with Gasteiger partial charge in [-0.3, -0.25) is 4.79 Å². The maximum Gasteiger partial charge on any atom is 0.340 e. The van der Waals surface area contributed by atoms with Crippen LogP contribution in [0.4, 0.5) is 5.69 Å². The predicted molar refractivity (Wildman–Crippen MR) is 100 cm³/mol. The number of amides is 1. The van der Waals surface area contributed by atoms with Gasteiger partial charge in [0, 0.05) is 36.4 Å². The molecule has 0 fully saturated rings. The number of carbonyl (C=O) groups excluding carboxylic acids is 2. The Labute approximate surface area is 151 Å². The second-order valence-corrected chi connectivity index (χ2v) is 6.52. The highest BCUT2D eigenvalue weighted by atomic mass is 16.5. The minimum absolute atomic E-state index is 0.189. The van der Waals surface area contributed by atoms with E-state index in [9.17, 15) is 9.59 Å². The molecule has 0 aliphatic carbocycles. The Bertz CT molecular complexity index is 990. The summed E-state index contributed by atoms with van der Waals surface area (Å²) in [4.78, 5) is 26.8. The van der Waals surface area contributed by atoms with Gasteiger partial charge in [-0.2, -0.15) is 0 Å². The molecule has 0 radical (unpaired) electrons. The number of carbonyl (C=O) groups is 2. The summed E-state index contributed by atoms with van der Waals surface area (Å²) in [5.74, 6) is -0.661. The smallest absolute Gasteiger partial charge is 0.340 e. The van der Waals surface area contributed by atoms with Crippen molar-refractivity contribution in [3.8, 4) is 0 Å². The molecular weight excluding hydrogens is 328 g/mol. The number of benzene rings is 2. The summed E-state index contributed by atoms with van der Waals surface area (Å²) in [6, 6.07) is 15.5. The lowest BCUT2D eigenvalue weighted by atomic mass is 10.0. The molecule has 1 aromatic heterocycles. The van der Waals surface area contributed by atoms with Crippen molar-refractivity contribution in [1.82, 2.24) is 4.57 Å². The lowest BCUT2D eigenvalue weighted by molar-refractivity contribution is -0.121. The molecule has 0 atom stereocenters. The summed E-state index contributed by atoms with van der Waals surface area (Å²) in [5, 5.41) is 0.829. The molecular formula is C21H20N2O3. The van der Waals surface area contributed by atoms with E-state index in [0.29, 0.717) is 12.1 Å². The SMILES string of the molecule is Cn1cc(C(=O)OCC(=O)N2CCCc3ccccc32)c2ccccc21. The Morgan fingerprint density at radius 1 is 1.08 bits per heavy atom. The van der Waals surface area contributed by atoms with Gasteiger partial charge in [0.25, 0.3) is 5.91 Å². The van der Waals surface area contributed by atoms with Crippen LogP contribution in [0.2, 0.25) is 0 Å². The van der Waals surface area contributed by atoms with Crippen molar-refractivity contribution in [1.29, 1.82) is 0 Å². The standard InChI is InChI=1S/C21H20N2O3/c1-22-13-17(16-9-3-5-11-19(16)22)21(25)26-14-20(24)23-12-6-8-15-7-2-4-10-18(15)23/h2-5,7,9-11,13H,6,8,12,14H2,1H3. The Hall–Kier alpha value is -3.08. The average Bonchev–Trinajstić information content (AvgIpc) is 3.02. The van der Waals surface area contributed by atoms with Crippen LogP contribution in [-0.2, 0) is 23.0 Å². The summed E-state index contributed by atoms with van der Waals surface area (Å²) in [6.45, 7) is 0.401. The average molecular weight is 348 g/mol. The van der Waals surface area contributed by atoms with E-state index in [2.05, 4.69) is 0 Å². The van der Waals surface area contributed by atoms with Crippen LogP contribution in [0.25, 0.3) is 10.9 Å². The van der Waals surface area contributed by atoms with Crippen molar-refractivity contribution >= 4 is 28.5 Å². The Morgan fingerprint density at radius 3 is 2.73 bits per heavy atom. The van der Waals surface area contributed by atoms with Crippen molar-refractivity contribution < 1.29 is 14.3 Å². The molecule has 2 aromatic carbocycles. The quantitative estimate of drug-likeness (QED) is 0.682. The zero-order chi connectivity index (χ0) is 18.1. The topological polar surface area (TPSA) is 51.5 Å². The van der Waals surface area contributed by atoms with E-state index >= 15 is 0 Å². The molecule has 3 aromatic rings. The van der Waals surface area contributed by atoms with E-state index in [0.717, 1.165) is 35.0 Å². The first-order chi connectivity index (χ1) is 12.6. The second kappa shape index (κ2) is 6.67. The Kier molecular flexibility index (Phi) is 4.21. The highest BCUT2D eigenvalue weighted by molar-refractivity contribution is 6.05. The van der Waals surface area contributed by atoms with E-state index in [-0.39, 0.29) is 12.5 Å². The number of ether oxygens (including phenoxy) is 1. The first kappa shape index (κ1) is 16.4. The number of fused-ring (bicyclic) bond motifs is 2. The molecule has 2 heterocycles. The third-order valence-corrected chi connectivity index (χ3v) is 4.85. The molecule has 0 spiro atoms. The maximum absolute atomic E-state index is 12.6. The van der Waals surface area contributed by atoms with Gasteiger partial charge in [-0.05, 0) is 30.5 Å². The normalized spacial score (nSPS) is 13.5. The predicted octanol–water partition coefficient (Wildman–Crippen LogP) is 3.31. The van der Waals surface area contributed by atoms with Crippen LogP contribution >= 0.6 is 0 Å². The summed E-state index contributed by atoms with van der Waals surface area (Å²) in [5.41, 5.74) is 3.52. The fraction of sp³-hybridized carbons (Fsp3) is 0.238. The molecule has 4 rings (SSSR count). The molecule has 0 bridgehead atoms. The number of aromatic nitrogens is 1. The van der Waals surface area contributed by atoms with Gasteiger partial charge in [0.2, 0.25) is 0 Å². The minimum atomic E-state index is -0.472. The molecule has 1 amide bonds. The Balaban J connectivity index is 1.49. The van der Waals surface area contributed by atoms with Gasteiger partial charge in [0.05, 0.1) is 5.56 Å². The van der Waals surface area contributed by atoms with Crippen LogP contribution in [0, 0.1) is 0 Å². The van der Waals surface area contributed by atoms with Gasteiger partial charge in [-0.25, -0.2) is 4.79 Å². The zero-order valence-corrected chi connectivity index (χ0v) is 14.6. The molecule has 0 N–H and O–H groups in total. The van der Waals surface area contributed by atoms with Crippen LogP contribution in [0.15, 0.2) is 54.7 Å². The van der Waals surface area contributed by atoms with Crippen molar-refractivity contribution in [2.24, 2.45) is 7.05 Å². The molecule has 0 saturated heterocycles. The largest absolute Gasteiger partial charge is 0.452 e. The highest BCUT2D eigenvalue weighted by Crippen LogP contribution is 2.27. The van der Waals surface area contributed by atoms with Gasteiger partial charge in [-0.1, -0.05) is 36.4 Å². The molecule has 0 unspecified atom stereocenters. The van der Waals surface area contributed by atoms with E-state index in [4.69, 9.17) is 4.74 Å². The summed E-state index contributed by atoms with van der Waals surface area (Å²) in [6.07, 6.45) is 3.63. The van der Waals surface area contributed by atoms with Crippen LogP contribution in [0.5, 0.6) is 0 Å². The van der Waals surface area contributed by atoms with Crippen molar-refractivity contribution in [2.45, 2.75) is 12.8 Å². The van der Waals surface area contributed by atoms with E-state index in [1.165, 1.54) is 0 Å². The van der Waals surface area contributed by atoms with Gasteiger partial charge < -0.3 is 14.2 Å². The third kappa shape index (κ3) is 2.86. The lowest BCUT2D eigenvalue weighted by Crippen LogP contribution is -2.38. The lowest BCUT2D eigenvalue weighted by Gasteiger charge is -2.29. The Morgan fingerprint density at radius 2 is 1.85 bits per heavy atom. The monoisotopic (exact) mass is 348 g/mol. The molecule has 1 aliphatic rings. The van der Waals surface area contributed by atoms with E-state index in [1.54, 1.807) is 11.1 Å². The molecule has 5 nitrogen and oxygen atoms in total. The molecule has 26 heavy (non-hydrogen) atoms. The summed E-state index contributed by atoms with van der Waals surface area (Å²) in [7, 11) is 1.88. The van der Waals surface area contributed by atoms with E-state index < -0.39 is 5.97 Å². The number of esters is 1. The van der Waals surface area contributed by atoms with Crippen molar-refractivity contribution in [2.75, 3.05) is 18.1 Å². The maximum atomic E-state index is 12.6. The fourth-order valence-electron chi connectivity index (χ4n) is 3.58. The first-order valence-corrected chi connectivity index (χ1v) is 8.74. The number of para-hydroxylation sites is 2. The number of hydrogen-bond donors (Lipinski definition) is 0. The minimum Gasteiger partial charge on any atom is -0.452 e. The van der Waals surface area contributed by atoms with Crippen LogP contribution in [0.3, 0.4) is 0 Å². The van der Waals surface area contributed by atoms with Crippen LogP contribution < -0.4 is 4.90 Å². The fourth-order valence-corrected chi connectivity index (χ4v) is 3.58.